The van der Waals surface area contributed by atoms with Crippen molar-refractivity contribution in [3.63, 3.8) is 0 Å². The van der Waals surface area contributed by atoms with Crippen LogP contribution in [0.5, 0.6) is 0 Å². The van der Waals surface area contributed by atoms with Gasteiger partial charge in [-0.05, 0) is 19.8 Å². The zero-order valence-corrected chi connectivity index (χ0v) is 9.90. The molecule has 1 aliphatic carbocycles. The fourth-order valence-electron chi connectivity index (χ4n) is 1.89. The molecule has 17 heavy (non-hydrogen) atoms. The molecule has 0 heterocycles. The molecular weight excluding hydrogens is 224 g/mol. The molecule has 0 aromatic rings. The van der Waals surface area contributed by atoms with Crippen molar-refractivity contribution >= 4 is 17.9 Å². The Bertz CT molecular complexity index is 311. The van der Waals surface area contributed by atoms with Gasteiger partial charge >= 0.3 is 12.0 Å². The summed E-state index contributed by atoms with van der Waals surface area (Å²) in [7, 11) is 0. The van der Waals surface area contributed by atoms with Gasteiger partial charge in [0.2, 0.25) is 0 Å². The highest BCUT2D eigenvalue weighted by atomic mass is 16.5. The van der Waals surface area contributed by atoms with Crippen LogP contribution in [0.1, 0.15) is 39.0 Å². The Morgan fingerprint density at radius 1 is 1.24 bits per heavy atom. The summed E-state index contributed by atoms with van der Waals surface area (Å²) in [5, 5.41) is 1.87. The van der Waals surface area contributed by atoms with Gasteiger partial charge in [0.1, 0.15) is 0 Å². The Labute approximate surface area is 99.9 Å². The fourth-order valence-corrected chi connectivity index (χ4v) is 1.89. The second kappa shape index (κ2) is 6.22. The van der Waals surface area contributed by atoms with E-state index >= 15 is 0 Å². The Hall–Kier alpha value is -1.59. The highest BCUT2D eigenvalue weighted by Gasteiger charge is 2.26. The van der Waals surface area contributed by atoms with Gasteiger partial charge in [0.05, 0.1) is 5.92 Å². The molecule has 0 aromatic heterocycles. The van der Waals surface area contributed by atoms with E-state index in [-0.39, 0.29) is 11.9 Å². The molecule has 96 valence electrons. The van der Waals surface area contributed by atoms with Crippen molar-refractivity contribution in [1.82, 2.24) is 5.32 Å². The predicted octanol–water partition coefficient (Wildman–Crippen LogP) is 0.693. The summed E-state index contributed by atoms with van der Waals surface area (Å²) in [6.45, 7) is 1.42. The minimum absolute atomic E-state index is 0.118. The number of urea groups is 1. The average Bonchev–Trinajstić information content (AvgIpc) is 2.29. The number of imide groups is 1. The van der Waals surface area contributed by atoms with Crippen molar-refractivity contribution in [3.05, 3.63) is 0 Å². The summed E-state index contributed by atoms with van der Waals surface area (Å²) in [6, 6.07) is -0.949. The first kappa shape index (κ1) is 13.5. The van der Waals surface area contributed by atoms with Crippen molar-refractivity contribution in [2.45, 2.75) is 45.1 Å². The van der Waals surface area contributed by atoms with Crippen LogP contribution in [0.2, 0.25) is 0 Å². The number of rotatable bonds is 3. The van der Waals surface area contributed by atoms with Crippen LogP contribution in [0, 0.1) is 5.92 Å². The molecule has 1 fully saturated rings. The standard InChI is InChI=1S/C11H18N2O4/c1-7(9(14)13-11(12)16)17-10(15)8-5-3-2-4-6-8/h7-8H,2-6H2,1H3,(H3,12,13,14,16)/t7-/m0/s1. The van der Waals surface area contributed by atoms with Crippen LogP contribution in [0.3, 0.4) is 0 Å². The van der Waals surface area contributed by atoms with Crippen LogP contribution < -0.4 is 11.1 Å². The fraction of sp³-hybridized carbons (Fsp3) is 0.727. The minimum Gasteiger partial charge on any atom is -0.452 e. The largest absolute Gasteiger partial charge is 0.452 e. The maximum absolute atomic E-state index is 11.7. The summed E-state index contributed by atoms with van der Waals surface area (Å²) in [5.74, 6) is -1.17. The van der Waals surface area contributed by atoms with Crippen molar-refractivity contribution in [2.24, 2.45) is 11.7 Å². The van der Waals surface area contributed by atoms with Crippen LogP contribution in [0.4, 0.5) is 4.79 Å². The molecule has 6 heteroatoms. The molecule has 1 saturated carbocycles. The third kappa shape index (κ3) is 4.42. The lowest BCUT2D eigenvalue weighted by Gasteiger charge is -2.21. The Balaban J connectivity index is 2.38. The Kier molecular flexibility index (Phi) is 4.93. The lowest BCUT2D eigenvalue weighted by Crippen LogP contribution is -2.42. The van der Waals surface area contributed by atoms with Crippen LogP contribution >= 0.6 is 0 Å². The lowest BCUT2D eigenvalue weighted by molar-refractivity contribution is -0.159. The van der Waals surface area contributed by atoms with Gasteiger partial charge in [0, 0.05) is 0 Å². The summed E-state index contributed by atoms with van der Waals surface area (Å²) in [5.41, 5.74) is 4.79. The van der Waals surface area contributed by atoms with Gasteiger partial charge in [-0.25, -0.2) is 4.79 Å². The molecule has 6 nitrogen and oxygen atoms in total. The van der Waals surface area contributed by atoms with Gasteiger partial charge in [-0.2, -0.15) is 0 Å². The highest BCUT2D eigenvalue weighted by Crippen LogP contribution is 2.24. The normalized spacial score (nSPS) is 18.2. The number of esters is 1. The van der Waals surface area contributed by atoms with Crippen molar-refractivity contribution < 1.29 is 19.1 Å². The zero-order valence-electron chi connectivity index (χ0n) is 9.90. The molecule has 0 spiro atoms. The number of primary amides is 1. The van der Waals surface area contributed by atoms with Crippen LogP contribution in [0.15, 0.2) is 0 Å². The monoisotopic (exact) mass is 242 g/mol. The number of hydrogen-bond donors (Lipinski definition) is 2. The van der Waals surface area contributed by atoms with Crippen LogP contribution in [-0.4, -0.2) is 24.0 Å². The Morgan fingerprint density at radius 2 is 1.82 bits per heavy atom. The van der Waals surface area contributed by atoms with Crippen LogP contribution in [-0.2, 0) is 14.3 Å². The van der Waals surface area contributed by atoms with Crippen molar-refractivity contribution in [1.29, 1.82) is 0 Å². The molecule has 0 unspecified atom stereocenters. The molecule has 0 saturated heterocycles. The number of ether oxygens (including phenoxy) is 1. The van der Waals surface area contributed by atoms with Crippen molar-refractivity contribution in [2.75, 3.05) is 0 Å². The maximum Gasteiger partial charge on any atom is 0.318 e. The summed E-state index contributed by atoms with van der Waals surface area (Å²) >= 11 is 0. The van der Waals surface area contributed by atoms with E-state index in [1.54, 1.807) is 0 Å². The third-order valence-corrected chi connectivity index (χ3v) is 2.85. The summed E-state index contributed by atoms with van der Waals surface area (Å²) in [6.07, 6.45) is 3.80. The molecule has 3 N–H and O–H groups in total. The molecule has 1 aliphatic rings. The van der Waals surface area contributed by atoms with Gasteiger partial charge in [-0.3, -0.25) is 14.9 Å². The zero-order chi connectivity index (χ0) is 12.8. The van der Waals surface area contributed by atoms with E-state index in [0.717, 1.165) is 32.1 Å². The van der Waals surface area contributed by atoms with Gasteiger partial charge < -0.3 is 10.5 Å². The minimum atomic E-state index is -0.989. The smallest absolute Gasteiger partial charge is 0.318 e. The van der Waals surface area contributed by atoms with E-state index in [2.05, 4.69) is 0 Å². The van der Waals surface area contributed by atoms with Crippen molar-refractivity contribution in [3.8, 4) is 0 Å². The first-order chi connectivity index (χ1) is 8.00. The molecular formula is C11H18N2O4. The number of carbonyl (C=O) groups excluding carboxylic acids is 3. The first-order valence-corrected chi connectivity index (χ1v) is 5.81. The molecule has 1 rings (SSSR count). The van der Waals surface area contributed by atoms with E-state index < -0.39 is 18.0 Å². The average molecular weight is 242 g/mol. The van der Waals surface area contributed by atoms with Gasteiger partial charge in [0.25, 0.3) is 5.91 Å². The predicted molar refractivity (Wildman–Crippen MR) is 59.9 cm³/mol. The molecule has 0 aliphatic heterocycles. The SMILES string of the molecule is C[C@H](OC(=O)C1CCCCC1)C(=O)NC(N)=O. The maximum atomic E-state index is 11.7. The highest BCUT2D eigenvalue weighted by molar-refractivity contribution is 5.96. The first-order valence-electron chi connectivity index (χ1n) is 5.81. The van der Waals surface area contributed by atoms with E-state index in [9.17, 15) is 14.4 Å². The van der Waals surface area contributed by atoms with Gasteiger partial charge in [-0.15, -0.1) is 0 Å². The van der Waals surface area contributed by atoms with Gasteiger partial charge in [-0.1, -0.05) is 19.3 Å². The number of nitrogens with one attached hydrogen (secondary N) is 1. The quantitative estimate of drug-likeness (QED) is 0.711. The van der Waals surface area contributed by atoms with E-state index in [1.807, 2.05) is 5.32 Å². The second-order valence-electron chi connectivity index (χ2n) is 4.27. The number of nitrogens with two attached hydrogens (primary N) is 1. The molecule has 1 atom stereocenters. The van der Waals surface area contributed by atoms with E-state index in [4.69, 9.17) is 10.5 Å². The topological polar surface area (TPSA) is 98.5 Å². The number of carbonyl (C=O) groups is 3. The number of amides is 3. The second-order valence-corrected chi connectivity index (χ2v) is 4.27. The van der Waals surface area contributed by atoms with E-state index in [1.165, 1.54) is 6.92 Å². The van der Waals surface area contributed by atoms with Crippen LogP contribution in [0.25, 0.3) is 0 Å². The number of hydrogen-bond acceptors (Lipinski definition) is 4. The summed E-state index contributed by atoms with van der Waals surface area (Å²) in [4.78, 5) is 33.4. The van der Waals surface area contributed by atoms with Gasteiger partial charge in [0.15, 0.2) is 6.10 Å². The molecule has 3 amide bonds. The molecule has 0 aromatic carbocycles. The lowest BCUT2D eigenvalue weighted by atomic mass is 9.89. The Morgan fingerprint density at radius 3 is 2.35 bits per heavy atom. The molecule has 0 bridgehead atoms. The van der Waals surface area contributed by atoms with E-state index in [0.29, 0.717) is 0 Å². The molecule has 0 radical (unpaired) electrons. The third-order valence-electron chi connectivity index (χ3n) is 2.85. The summed E-state index contributed by atoms with van der Waals surface area (Å²) < 4.78 is 4.99.